The van der Waals surface area contributed by atoms with Gasteiger partial charge in [-0.05, 0) is 25.5 Å². The molecule has 6 nitrogen and oxygen atoms in total. The number of hydrogen-bond donors (Lipinski definition) is 2. The van der Waals surface area contributed by atoms with Crippen molar-refractivity contribution in [3.63, 3.8) is 0 Å². The molecule has 1 amide bonds. The van der Waals surface area contributed by atoms with Crippen LogP contribution in [0.5, 0.6) is 0 Å². The lowest BCUT2D eigenvalue weighted by Gasteiger charge is -2.10. The Balaban J connectivity index is 1.86. The maximum atomic E-state index is 12.3. The van der Waals surface area contributed by atoms with Gasteiger partial charge in [0.25, 0.3) is 5.91 Å². The number of aryl methyl sites for hydroxylation is 1. The molecule has 0 aliphatic carbocycles. The second-order valence-corrected chi connectivity index (χ2v) is 7.33. The maximum absolute atomic E-state index is 12.3. The van der Waals surface area contributed by atoms with E-state index in [0.29, 0.717) is 17.5 Å². The van der Waals surface area contributed by atoms with Crippen LogP contribution in [-0.4, -0.2) is 41.8 Å². The van der Waals surface area contributed by atoms with Gasteiger partial charge in [-0.3, -0.25) is 4.79 Å². The number of sulfone groups is 1. The van der Waals surface area contributed by atoms with E-state index in [2.05, 4.69) is 15.3 Å². The first-order valence-corrected chi connectivity index (χ1v) is 8.23. The molecule has 1 saturated heterocycles. The third kappa shape index (κ3) is 2.40. The third-order valence-electron chi connectivity index (χ3n) is 3.44. The van der Waals surface area contributed by atoms with Gasteiger partial charge < -0.3 is 10.3 Å². The smallest absolute Gasteiger partial charge is 0.253 e. The Kier molecular flexibility index (Phi) is 3.01. The largest absolute Gasteiger partial charge is 0.348 e. The minimum Gasteiger partial charge on any atom is -0.348 e. The van der Waals surface area contributed by atoms with Crippen molar-refractivity contribution in [1.29, 1.82) is 0 Å². The molecule has 1 aliphatic rings. The number of benzene rings is 1. The SMILES string of the molecule is Cc1nc2c(C(=O)NC3CCS(=O)(=O)C3)cccc2[nH]1. The van der Waals surface area contributed by atoms with E-state index in [4.69, 9.17) is 0 Å². The number of hydrogen-bond acceptors (Lipinski definition) is 4. The topological polar surface area (TPSA) is 91.9 Å². The quantitative estimate of drug-likeness (QED) is 0.856. The average Bonchev–Trinajstić information content (AvgIpc) is 2.90. The summed E-state index contributed by atoms with van der Waals surface area (Å²) in [6.45, 7) is 1.82. The Hall–Kier alpha value is -1.89. The number of carbonyl (C=O) groups is 1. The summed E-state index contributed by atoms with van der Waals surface area (Å²) in [7, 11) is -3.00. The van der Waals surface area contributed by atoms with Crippen molar-refractivity contribution in [2.24, 2.45) is 0 Å². The van der Waals surface area contributed by atoms with Gasteiger partial charge in [-0.1, -0.05) is 6.07 Å². The highest BCUT2D eigenvalue weighted by molar-refractivity contribution is 7.91. The maximum Gasteiger partial charge on any atom is 0.253 e. The Morgan fingerprint density at radius 1 is 1.45 bits per heavy atom. The average molecular weight is 293 g/mol. The number of imidazole rings is 1. The zero-order chi connectivity index (χ0) is 14.3. The summed E-state index contributed by atoms with van der Waals surface area (Å²) in [5.41, 5.74) is 1.88. The van der Waals surface area contributed by atoms with Gasteiger partial charge >= 0.3 is 0 Å². The molecule has 1 unspecified atom stereocenters. The van der Waals surface area contributed by atoms with Crippen LogP contribution >= 0.6 is 0 Å². The van der Waals surface area contributed by atoms with Crippen LogP contribution in [-0.2, 0) is 9.84 Å². The number of aromatic amines is 1. The summed E-state index contributed by atoms with van der Waals surface area (Å²) in [5.74, 6) is 0.630. The summed E-state index contributed by atoms with van der Waals surface area (Å²) in [6, 6.07) is 5.02. The fraction of sp³-hybridized carbons (Fsp3) is 0.385. The number of nitrogens with zero attached hydrogens (tertiary/aromatic N) is 1. The molecule has 0 radical (unpaired) electrons. The second kappa shape index (κ2) is 4.59. The van der Waals surface area contributed by atoms with Crippen molar-refractivity contribution >= 4 is 26.8 Å². The summed E-state index contributed by atoms with van der Waals surface area (Å²) >= 11 is 0. The lowest BCUT2D eigenvalue weighted by atomic mass is 10.1. The number of amides is 1. The van der Waals surface area contributed by atoms with Crippen LogP contribution in [0.25, 0.3) is 11.0 Å². The second-order valence-electron chi connectivity index (χ2n) is 5.10. The molecule has 7 heteroatoms. The minimum absolute atomic E-state index is 0.0221. The van der Waals surface area contributed by atoms with Gasteiger partial charge in [0.2, 0.25) is 0 Å². The van der Waals surface area contributed by atoms with Gasteiger partial charge in [-0.15, -0.1) is 0 Å². The van der Waals surface area contributed by atoms with Crippen LogP contribution in [0.2, 0.25) is 0 Å². The molecule has 1 fully saturated rings. The minimum atomic E-state index is -3.00. The first-order chi connectivity index (χ1) is 9.44. The lowest BCUT2D eigenvalue weighted by molar-refractivity contribution is 0.0942. The van der Waals surface area contributed by atoms with E-state index in [9.17, 15) is 13.2 Å². The van der Waals surface area contributed by atoms with Crippen LogP contribution < -0.4 is 5.32 Å². The summed E-state index contributed by atoms with van der Waals surface area (Å²) in [5, 5.41) is 2.78. The van der Waals surface area contributed by atoms with E-state index < -0.39 is 9.84 Å². The van der Waals surface area contributed by atoms with Gasteiger partial charge in [-0.2, -0.15) is 0 Å². The normalized spacial score (nSPS) is 21.1. The Morgan fingerprint density at radius 2 is 2.25 bits per heavy atom. The molecule has 0 saturated carbocycles. The molecule has 20 heavy (non-hydrogen) atoms. The molecule has 3 rings (SSSR count). The molecule has 2 N–H and O–H groups in total. The van der Waals surface area contributed by atoms with Gasteiger partial charge in [0.15, 0.2) is 9.84 Å². The summed E-state index contributed by atoms with van der Waals surface area (Å²) in [4.78, 5) is 19.7. The van der Waals surface area contributed by atoms with Crippen LogP contribution in [0.1, 0.15) is 22.6 Å². The molecule has 1 aliphatic heterocycles. The standard InChI is InChI=1S/C13H15N3O3S/c1-8-14-11-4-2-3-10(12(11)15-8)13(17)16-9-5-6-20(18,19)7-9/h2-4,9H,5-7H2,1H3,(H,14,15)(H,16,17). The van der Waals surface area contributed by atoms with Crippen LogP contribution in [0.3, 0.4) is 0 Å². The highest BCUT2D eigenvalue weighted by Crippen LogP contribution is 2.18. The van der Waals surface area contributed by atoms with Crippen molar-refractivity contribution < 1.29 is 13.2 Å². The van der Waals surface area contributed by atoms with Crippen LogP contribution in [0, 0.1) is 6.92 Å². The molecule has 106 valence electrons. The monoisotopic (exact) mass is 293 g/mol. The Labute approximate surface area is 116 Å². The molecular weight excluding hydrogens is 278 g/mol. The van der Waals surface area contributed by atoms with E-state index in [1.165, 1.54) is 0 Å². The fourth-order valence-corrected chi connectivity index (χ4v) is 4.18. The predicted octanol–water partition coefficient (Wildman–Crippen LogP) is 0.788. The number of fused-ring (bicyclic) bond motifs is 1. The van der Waals surface area contributed by atoms with Crippen molar-refractivity contribution in [1.82, 2.24) is 15.3 Å². The van der Waals surface area contributed by atoms with E-state index in [1.54, 1.807) is 12.1 Å². The van der Waals surface area contributed by atoms with E-state index in [-0.39, 0.29) is 23.5 Å². The fourth-order valence-electron chi connectivity index (χ4n) is 2.51. The predicted molar refractivity (Wildman–Crippen MR) is 75.4 cm³/mol. The number of para-hydroxylation sites is 1. The molecule has 1 aromatic carbocycles. The van der Waals surface area contributed by atoms with Crippen molar-refractivity contribution in [3.05, 3.63) is 29.6 Å². The lowest BCUT2D eigenvalue weighted by Crippen LogP contribution is -2.35. The summed E-state index contributed by atoms with van der Waals surface area (Å²) < 4.78 is 22.8. The Morgan fingerprint density at radius 3 is 2.95 bits per heavy atom. The van der Waals surface area contributed by atoms with Crippen LogP contribution in [0.15, 0.2) is 18.2 Å². The molecular formula is C13H15N3O3S. The highest BCUT2D eigenvalue weighted by atomic mass is 32.2. The first kappa shape index (κ1) is 13.1. The number of carbonyl (C=O) groups excluding carboxylic acids is 1. The third-order valence-corrected chi connectivity index (χ3v) is 5.21. The van der Waals surface area contributed by atoms with Crippen LogP contribution in [0.4, 0.5) is 0 Å². The number of nitrogens with one attached hydrogen (secondary N) is 2. The number of aromatic nitrogens is 2. The number of rotatable bonds is 2. The first-order valence-electron chi connectivity index (χ1n) is 6.41. The van der Waals surface area contributed by atoms with Crippen molar-refractivity contribution in [2.75, 3.05) is 11.5 Å². The summed E-state index contributed by atoms with van der Waals surface area (Å²) in [6.07, 6.45) is 0.476. The molecule has 2 aromatic rings. The van der Waals surface area contributed by atoms with Gasteiger partial charge in [0, 0.05) is 6.04 Å². The zero-order valence-corrected chi connectivity index (χ0v) is 11.8. The molecule has 0 bridgehead atoms. The van der Waals surface area contributed by atoms with Gasteiger partial charge in [0.05, 0.1) is 22.6 Å². The molecule has 1 atom stereocenters. The molecule has 0 spiro atoms. The molecule has 1 aromatic heterocycles. The molecule has 2 heterocycles. The zero-order valence-electron chi connectivity index (χ0n) is 11.0. The van der Waals surface area contributed by atoms with Crippen molar-refractivity contribution in [2.45, 2.75) is 19.4 Å². The van der Waals surface area contributed by atoms with E-state index >= 15 is 0 Å². The Bertz CT molecular complexity index is 779. The van der Waals surface area contributed by atoms with Gasteiger partial charge in [-0.25, -0.2) is 13.4 Å². The van der Waals surface area contributed by atoms with E-state index in [1.807, 2.05) is 13.0 Å². The number of H-pyrrole nitrogens is 1. The highest BCUT2D eigenvalue weighted by Gasteiger charge is 2.29. The van der Waals surface area contributed by atoms with Gasteiger partial charge in [0.1, 0.15) is 11.3 Å². The van der Waals surface area contributed by atoms with Crippen molar-refractivity contribution in [3.8, 4) is 0 Å². The van der Waals surface area contributed by atoms with E-state index in [0.717, 1.165) is 11.3 Å².